The molecule has 3 rings (SSSR count). The van der Waals surface area contributed by atoms with Crippen molar-refractivity contribution < 1.29 is 14.3 Å². The van der Waals surface area contributed by atoms with Gasteiger partial charge in [-0.3, -0.25) is 4.79 Å². The second-order valence-electron chi connectivity index (χ2n) is 4.95. The summed E-state index contributed by atoms with van der Waals surface area (Å²) in [5.74, 6) is -0.0382. The Morgan fingerprint density at radius 1 is 1.37 bits per heavy atom. The Balaban J connectivity index is 1.92. The fourth-order valence-corrected chi connectivity index (χ4v) is 2.55. The highest BCUT2D eigenvalue weighted by Crippen LogP contribution is 2.28. The van der Waals surface area contributed by atoms with Crippen molar-refractivity contribution >= 4 is 16.9 Å². The summed E-state index contributed by atoms with van der Waals surface area (Å²) in [7, 11) is 0. The van der Waals surface area contributed by atoms with Crippen LogP contribution in [0.1, 0.15) is 29.6 Å². The molecule has 2 aromatic rings. The molecule has 0 atom stereocenters. The third-order valence-corrected chi connectivity index (χ3v) is 3.83. The lowest BCUT2D eigenvalue weighted by Crippen LogP contribution is -2.45. The molecule has 0 spiro atoms. The van der Waals surface area contributed by atoms with E-state index in [4.69, 9.17) is 9.52 Å². The van der Waals surface area contributed by atoms with Gasteiger partial charge in [0, 0.05) is 18.0 Å². The van der Waals surface area contributed by atoms with E-state index in [0.717, 1.165) is 30.2 Å². The van der Waals surface area contributed by atoms with Gasteiger partial charge in [0.05, 0.1) is 12.2 Å². The Morgan fingerprint density at radius 3 is 2.84 bits per heavy atom. The molecule has 1 heterocycles. The van der Waals surface area contributed by atoms with Crippen molar-refractivity contribution in [2.75, 3.05) is 13.2 Å². The highest BCUT2D eigenvalue weighted by atomic mass is 16.3. The van der Waals surface area contributed by atoms with E-state index in [-0.39, 0.29) is 18.6 Å². The van der Waals surface area contributed by atoms with Crippen molar-refractivity contribution in [1.29, 1.82) is 0 Å². The third-order valence-electron chi connectivity index (χ3n) is 3.83. The number of rotatable bonds is 4. The van der Waals surface area contributed by atoms with E-state index < -0.39 is 0 Å². The molecule has 0 bridgehead atoms. The van der Waals surface area contributed by atoms with Crippen LogP contribution in [-0.2, 0) is 0 Å². The van der Waals surface area contributed by atoms with Gasteiger partial charge in [0.1, 0.15) is 11.8 Å². The monoisotopic (exact) mass is 259 g/mol. The Kier molecular flexibility index (Phi) is 3.25. The largest absolute Gasteiger partial charge is 0.463 e. The second-order valence-corrected chi connectivity index (χ2v) is 4.95. The summed E-state index contributed by atoms with van der Waals surface area (Å²) in [6, 6.07) is 7.80. The molecule has 1 fully saturated rings. The molecule has 1 aromatic carbocycles. The van der Waals surface area contributed by atoms with Gasteiger partial charge < -0.3 is 14.4 Å². The number of aliphatic hydroxyl groups is 1. The zero-order valence-corrected chi connectivity index (χ0v) is 10.7. The first-order chi connectivity index (χ1) is 9.31. The van der Waals surface area contributed by atoms with Crippen molar-refractivity contribution in [3.63, 3.8) is 0 Å². The number of carbonyl (C=O) groups excluding carboxylic acids is 1. The molecule has 0 radical (unpaired) electrons. The topological polar surface area (TPSA) is 53.7 Å². The number of hydrogen-bond acceptors (Lipinski definition) is 3. The summed E-state index contributed by atoms with van der Waals surface area (Å²) in [4.78, 5) is 14.4. The standard InChI is InChI=1S/C15H17NO3/c17-9-8-16(11-4-3-5-11)15(18)13-10-19-14-7-2-1-6-12(13)14/h1-2,6-7,10-11,17H,3-5,8-9H2. The minimum absolute atomic E-state index is 0.00196. The van der Waals surface area contributed by atoms with Gasteiger partial charge in [0.15, 0.2) is 0 Å². The van der Waals surface area contributed by atoms with E-state index in [1.165, 1.54) is 6.26 Å². The molecule has 1 saturated carbocycles. The average Bonchev–Trinajstić information content (AvgIpc) is 2.79. The summed E-state index contributed by atoms with van der Waals surface area (Å²) in [5, 5.41) is 9.99. The summed E-state index contributed by atoms with van der Waals surface area (Å²) in [5.41, 5.74) is 1.32. The molecule has 1 amide bonds. The molecule has 4 heteroatoms. The predicted molar refractivity (Wildman–Crippen MR) is 72.0 cm³/mol. The quantitative estimate of drug-likeness (QED) is 0.917. The highest BCUT2D eigenvalue weighted by Gasteiger charge is 2.30. The lowest BCUT2D eigenvalue weighted by molar-refractivity contribution is 0.0527. The van der Waals surface area contributed by atoms with Crippen molar-refractivity contribution in [1.82, 2.24) is 4.90 Å². The van der Waals surface area contributed by atoms with Gasteiger partial charge in [-0.05, 0) is 25.3 Å². The molecule has 100 valence electrons. The number of nitrogens with zero attached hydrogens (tertiary/aromatic N) is 1. The SMILES string of the molecule is O=C(c1coc2ccccc12)N(CCO)C1CCC1. The zero-order valence-electron chi connectivity index (χ0n) is 10.7. The van der Waals surface area contributed by atoms with E-state index in [0.29, 0.717) is 12.1 Å². The number of furan rings is 1. The maximum absolute atomic E-state index is 12.6. The molecule has 1 N–H and O–H groups in total. The lowest BCUT2D eigenvalue weighted by Gasteiger charge is -2.37. The average molecular weight is 259 g/mol. The van der Waals surface area contributed by atoms with Crippen molar-refractivity contribution in [2.45, 2.75) is 25.3 Å². The van der Waals surface area contributed by atoms with Crippen LogP contribution in [0.2, 0.25) is 0 Å². The van der Waals surface area contributed by atoms with E-state index in [2.05, 4.69) is 0 Å². The van der Waals surface area contributed by atoms with Gasteiger partial charge in [-0.2, -0.15) is 0 Å². The van der Waals surface area contributed by atoms with Gasteiger partial charge >= 0.3 is 0 Å². The van der Waals surface area contributed by atoms with Crippen LogP contribution < -0.4 is 0 Å². The molecule has 1 aliphatic rings. The van der Waals surface area contributed by atoms with Crippen molar-refractivity contribution in [3.05, 3.63) is 36.1 Å². The van der Waals surface area contributed by atoms with Crippen molar-refractivity contribution in [2.24, 2.45) is 0 Å². The molecule has 0 saturated heterocycles. The maximum Gasteiger partial charge on any atom is 0.258 e. The van der Waals surface area contributed by atoms with Crippen LogP contribution in [0.25, 0.3) is 11.0 Å². The fourth-order valence-electron chi connectivity index (χ4n) is 2.55. The number of fused-ring (bicyclic) bond motifs is 1. The third kappa shape index (κ3) is 2.12. The number of hydrogen-bond donors (Lipinski definition) is 1. The molecular formula is C15H17NO3. The number of amides is 1. The smallest absolute Gasteiger partial charge is 0.258 e. The minimum atomic E-state index is -0.0382. The zero-order chi connectivity index (χ0) is 13.2. The molecular weight excluding hydrogens is 242 g/mol. The van der Waals surface area contributed by atoms with Crippen LogP contribution in [0.3, 0.4) is 0 Å². The Morgan fingerprint density at radius 2 is 2.16 bits per heavy atom. The number of aliphatic hydroxyl groups excluding tert-OH is 1. The maximum atomic E-state index is 12.6. The number of benzene rings is 1. The minimum Gasteiger partial charge on any atom is -0.463 e. The van der Waals surface area contributed by atoms with Crippen LogP contribution in [0.5, 0.6) is 0 Å². The first-order valence-electron chi connectivity index (χ1n) is 6.69. The number of para-hydroxylation sites is 1. The molecule has 0 aliphatic heterocycles. The van der Waals surface area contributed by atoms with Gasteiger partial charge in [0.25, 0.3) is 5.91 Å². The Hall–Kier alpha value is -1.81. The predicted octanol–water partition coefficient (Wildman–Crippen LogP) is 2.42. The van der Waals surface area contributed by atoms with Crippen LogP contribution in [0, 0.1) is 0 Å². The van der Waals surface area contributed by atoms with Crippen LogP contribution in [0.4, 0.5) is 0 Å². The summed E-state index contributed by atoms with van der Waals surface area (Å²) >= 11 is 0. The summed E-state index contributed by atoms with van der Waals surface area (Å²) in [6.45, 7) is 0.390. The Labute approximate surface area is 111 Å². The van der Waals surface area contributed by atoms with Crippen LogP contribution in [0.15, 0.2) is 34.9 Å². The molecule has 19 heavy (non-hydrogen) atoms. The molecule has 0 unspecified atom stereocenters. The van der Waals surface area contributed by atoms with E-state index in [9.17, 15) is 4.79 Å². The van der Waals surface area contributed by atoms with E-state index in [1.54, 1.807) is 4.90 Å². The van der Waals surface area contributed by atoms with Gasteiger partial charge in [0.2, 0.25) is 0 Å². The molecule has 1 aromatic heterocycles. The summed E-state index contributed by atoms with van der Waals surface area (Å²) < 4.78 is 5.42. The van der Waals surface area contributed by atoms with Gasteiger partial charge in [-0.25, -0.2) is 0 Å². The normalized spacial score (nSPS) is 15.4. The van der Waals surface area contributed by atoms with Crippen LogP contribution in [-0.4, -0.2) is 35.1 Å². The molecule has 1 aliphatic carbocycles. The van der Waals surface area contributed by atoms with Gasteiger partial charge in [-0.1, -0.05) is 18.2 Å². The van der Waals surface area contributed by atoms with E-state index >= 15 is 0 Å². The van der Waals surface area contributed by atoms with Crippen molar-refractivity contribution in [3.8, 4) is 0 Å². The van der Waals surface area contributed by atoms with Gasteiger partial charge in [-0.15, -0.1) is 0 Å². The highest BCUT2D eigenvalue weighted by molar-refractivity contribution is 6.06. The Bertz CT molecular complexity index is 586. The number of carbonyl (C=O) groups is 1. The van der Waals surface area contributed by atoms with E-state index in [1.807, 2.05) is 24.3 Å². The fraction of sp³-hybridized carbons (Fsp3) is 0.400. The second kappa shape index (κ2) is 5.05. The first kappa shape index (κ1) is 12.2. The molecule has 4 nitrogen and oxygen atoms in total. The van der Waals surface area contributed by atoms with Crippen LogP contribution >= 0.6 is 0 Å². The summed E-state index contributed by atoms with van der Waals surface area (Å²) in [6.07, 6.45) is 4.74. The first-order valence-corrected chi connectivity index (χ1v) is 6.69. The lowest BCUT2D eigenvalue weighted by atomic mass is 9.91.